The average molecular weight is 861 g/mol. The molecule has 0 saturated carbocycles. The zero-order chi connectivity index (χ0) is 44.4. The van der Waals surface area contributed by atoms with Gasteiger partial charge in [0.25, 0.3) is 0 Å². The summed E-state index contributed by atoms with van der Waals surface area (Å²) in [5, 5.41) is 0. The zero-order valence-corrected chi connectivity index (χ0v) is 41.2. The smallest absolute Gasteiger partial charge is 0.306 e. The lowest BCUT2D eigenvalue weighted by molar-refractivity contribution is -0.167. The van der Waals surface area contributed by atoms with E-state index in [1.807, 2.05) is 0 Å². The van der Waals surface area contributed by atoms with Crippen LogP contribution in [0.5, 0.6) is 0 Å². The Bertz CT molecular complexity index is 947. The van der Waals surface area contributed by atoms with E-state index in [-0.39, 0.29) is 31.1 Å². The number of allylic oxidation sites excluding steroid dienone is 2. The Morgan fingerprint density at radius 3 is 0.820 bits per heavy atom. The molecule has 0 saturated heterocycles. The van der Waals surface area contributed by atoms with Gasteiger partial charge in [0.1, 0.15) is 13.2 Å². The lowest BCUT2D eigenvalue weighted by Gasteiger charge is -2.18. The van der Waals surface area contributed by atoms with Crippen LogP contribution in [0, 0.1) is 0 Å². The fourth-order valence-corrected chi connectivity index (χ4v) is 8.14. The maximum atomic E-state index is 12.7. The lowest BCUT2D eigenvalue weighted by atomic mass is 10.0. The maximum absolute atomic E-state index is 12.7. The Morgan fingerprint density at radius 1 is 0.311 bits per heavy atom. The van der Waals surface area contributed by atoms with E-state index < -0.39 is 6.10 Å². The molecule has 0 rings (SSSR count). The first-order valence-electron chi connectivity index (χ1n) is 27.2. The molecule has 0 aromatic rings. The van der Waals surface area contributed by atoms with Crippen molar-refractivity contribution in [2.45, 2.75) is 309 Å². The molecule has 0 aliphatic rings. The molecule has 6 heteroatoms. The first-order valence-corrected chi connectivity index (χ1v) is 27.2. The molecule has 0 aromatic heterocycles. The van der Waals surface area contributed by atoms with Crippen molar-refractivity contribution >= 4 is 17.9 Å². The third-order valence-electron chi connectivity index (χ3n) is 12.3. The van der Waals surface area contributed by atoms with Crippen LogP contribution < -0.4 is 0 Å². The van der Waals surface area contributed by atoms with E-state index in [1.165, 1.54) is 199 Å². The van der Waals surface area contributed by atoms with Gasteiger partial charge < -0.3 is 14.2 Å². The lowest BCUT2D eigenvalue weighted by Crippen LogP contribution is -2.30. The van der Waals surface area contributed by atoms with Gasteiger partial charge >= 0.3 is 17.9 Å². The van der Waals surface area contributed by atoms with Crippen molar-refractivity contribution in [2.75, 3.05) is 13.2 Å². The summed E-state index contributed by atoms with van der Waals surface area (Å²) in [7, 11) is 0. The van der Waals surface area contributed by atoms with Gasteiger partial charge in [-0.1, -0.05) is 251 Å². The predicted molar refractivity (Wildman–Crippen MR) is 261 cm³/mol. The quantitative estimate of drug-likeness (QED) is 0.0262. The molecule has 0 radical (unpaired) electrons. The molecule has 0 N–H and O–H groups in total. The summed E-state index contributed by atoms with van der Waals surface area (Å²) in [6, 6.07) is 0. The second kappa shape index (κ2) is 50.8. The van der Waals surface area contributed by atoms with Gasteiger partial charge in [-0.3, -0.25) is 14.4 Å². The van der Waals surface area contributed by atoms with Crippen molar-refractivity contribution in [3.05, 3.63) is 12.2 Å². The predicted octanol–water partition coefficient (Wildman–Crippen LogP) is 17.8. The van der Waals surface area contributed by atoms with Crippen molar-refractivity contribution < 1.29 is 28.6 Å². The molecular formula is C55H104O6. The van der Waals surface area contributed by atoms with Crippen molar-refractivity contribution in [3.63, 3.8) is 0 Å². The minimum atomic E-state index is -0.760. The van der Waals surface area contributed by atoms with Crippen molar-refractivity contribution in [2.24, 2.45) is 0 Å². The highest BCUT2D eigenvalue weighted by Gasteiger charge is 2.19. The Balaban J connectivity index is 3.99. The number of carbonyl (C=O) groups excluding carboxylic acids is 3. The Morgan fingerprint density at radius 2 is 0.541 bits per heavy atom. The van der Waals surface area contributed by atoms with Gasteiger partial charge in [0.15, 0.2) is 6.10 Å². The molecule has 0 aromatic carbocycles. The molecule has 0 aliphatic heterocycles. The Hall–Kier alpha value is -1.85. The van der Waals surface area contributed by atoms with E-state index >= 15 is 0 Å². The minimum Gasteiger partial charge on any atom is -0.462 e. The molecule has 1 atom stereocenters. The summed E-state index contributed by atoms with van der Waals surface area (Å²) in [4.78, 5) is 37.6. The summed E-state index contributed by atoms with van der Waals surface area (Å²) < 4.78 is 16.7. The second-order valence-electron chi connectivity index (χ2n) is 18.5. The van der Waals surface area contributed by atoms with Crippen LogP contribution in [0.25, 0.3) is 0 Å². The molecule has 0 spiro atoms. The number of esters is 3. The summed E-state index contributed by atoms with van der Waals surface area (Å²) in [5.41, 5.74) is 0. The van der Waals surface area contributed by atoms with Crippen LogP contribution in [0.1, 0.15) is 303 Å². The third kappa shape index (κ3) is 49.0. The molecule has 0 heterocycles. The molecule has 0 bridgehead atoms. The van der Waals surface area contributed by atoms with Crippen molar-refractivity contribution in [1.82, 2.24) is 0 Å². The van der Waals surface area contributed by atoms with E-state index in [1.54, 1.807) is 0 Å². The van der Waals surface area contributed by atoms with E-state index in [0.717, 1.165) is 64.2 Å². The second-order valence-corrected chi connectivity index (χ2v) is 18.5. The highest BCUT2D eigenvalue weighted by Crippen LogP contribution is 2.16. The van der Waals surface area contributed by atoms with Crippen molar-refractivity contribution in [3.8, 4) is 0 Å². The van der Waals surface area contributed by atoms with E-state index in [4.69, 9.17) is 14.2 Å². The number of ether oxygens (including phenoxy) is 3. The zero-order valence-electron chi connectivity index (χ0n) is 41.2. The number of hydrogen-bond acceptors (Lipinski definition) is 6. The third-order valence-corrected chi connectivity index (χ3v) is 12.3. The largest absolute Gasteiger partial charge is 0.462 e. The van der Waals surface area contributed by atoms with Crippen LogP contribution in [0.2, 0.25) is 0 Å². The molecule has 61 heavy (non-hydrogen) atoms. The molecule has 0 amide bonds. The van der Waals surface area contributed by atoms with Crippen LogP contribution in [0.3, 0.4) is 0 Å². The minimum absolute atomic E-state index is 0.0657. The number of rotatable bonds is 50. The van der Waals surface area contributed by atoms with Gasteiger partial charge in [-0.25, -0.2) is 0 Å². The summed E-state index contributed by atoms with van der Waals surface area (Å²) >= 11 is 0. The van der Waals surface area contributed by atoms with E-state index in [2.05, 4.69) is 32.9 Å². The first-order chi connectivity index (χ1) is 30.0. The van der Waals surface area contributed by atoms with Crippen LogP contribution in [0.15, 0.2) is 12.2 Å². The Kier molecular flexibility index (Phi) is 49.3. The van der Waals surface area contributed by atoms with Gasteiger partial charge in [0.05, 0.1) is 0 Å². The van der Waals surface area contributed by atoms with Gasteiger partial charge in [-0.05, 0) is 44.9 Å². The summed E-state index contributed by atoms with van der Waals surface area (Å²) in [6.07, 6.45) is 56.8. The fourth-order valence-electron chi connectivity index (χ4n) is 8.14. The SMILES string of the molecule is CCCCCCCCCC/C=C\CCCCCCCCCCCCCCCC(=O)OCC(COC(=O)CCCCCCC)OC(=O)CCCCCCCCCCCCCCC. The highest BCUT2D eigenvalue weighted by molar-refractivity contribution is 5.71. The number of hydrogen-bond donors (Lipinski definition) is 0. The van der Waals surface area contributed by atoms with Gasteiger partial charge in [0, 0.05) is 19.3 Å². The van der Waals surface area contributed by atoms with Crippen LogP contribution in [0.4, 0.5) is 0 Å². The molecule has 0 fully saturated rings. The van der Waals surface area contributed by atoms with Gasteiger partial charge in [0.2, 0.25) is 0 Å². The number of unbranched alkanes of at least 4 members (excludes halogenated alkanes) is 37. The van der Waals surface area contributed by atoms with E-state index in [9.17, 15) is 14.4 Å². The maximum Gasteiger partial charge on any atom is 0.306 e. The van der Waals surface area contributed by atoms with Gasteiger partial charge in [-0.2, -0.15) is 0 Å². The molecular weight excluding hydrogens is 757 g/mol. The van der Waals surface area contributed by atoms with Gasteiger partial charge in [-0.15, -0.1) is 0 Å². The van der Waals surface area contributed by atoms with Crippen LogP contribution >= 0.6 is 0 Å². The fraction of sp³-hybridized carbons (Fsp3) is 0.909. The normalized spacial score (nSPS) is 12.0. The molecule has 360 valence electrons. The monoisotopic (exact) mass is 861 g/mol. The average Bonchev–Trinajstić information content (AvgIpc) is 3.26. The molecule has 1 unspecified atom stereocenters. The first kappa shape index (κ1) is 59.1. The van der Waals surface area contributed by atoms with Crippen LogP contribution in [-0.4, -0.2) is 37.2 Å². The molecule has 0 aliphatic carbocycles. The van der Waals surface area contributed by atoms with Crippen LogP contribution in [-0.2, 0) is 28.6 Å². The van der Waals surface area contributed by atoms with E-state index in [0.29, 0.717) is 19.3 Å². The summed E-state index contributed by atoms with van der Waals surface area (Å²) in [5.74, 6) is -0.864. The highest BCUT2D eigenvalue weighted by atomic mass is 16.6. The molecule has 6 nitrogen and oxygen atoms in total. The standard InChI is InChI=1S/C55H104O6/c1-4-7-10-13-15-17-19-21-22-23-24-25-26-27-28-29-30-31-32-34-35-37-39-42-45-48-54(57)60-51-52(50-59-53(56)47-44-41-12-9-6-3)61-55(58)49-46-43-40-38-36-33-20-18-16-14-11-8-5-2/h23-24,52H,4-22,25-51H2,1-3H3/b24-23-. The summed E-state index contributed by atoms with van der Waals surface area (Å²) in [6.45, 7) is 6.59. The topological polar surface area (TPSA) is 78.9 Å². The Labute approximate surface area is 380 Å². The van der Waals surface area contributed by atoms with Crippen molar-refractivity contribution in [1.29, 1.82) is 0 Å². The number of carbonyl (C=O) groups is 3.